The van der Waals surface area contributed by atoms with E-state index >= 15 is 0 Å². The first-order valence-electron chi connectivity index (χ1n) is 8.69. The van der Waals surface area contributed by atoms with Crippen molar-refractivity contribution >= 4 is 5.57 Å². The minimum absolute atomic E-state index is 0.120. The van der Waals surface area contributed by atoms with Crippen LogP contribution in [0.5, 0.6) is 0 Å². The van der Waals surface area contributed by atoms with Crippen molar-refractivity contribution in [3.05, 3.63) is 41.0 Å². The van der Waals surface area contributed by atoms with Crippen molar-refractivity contribution in [2.45, 2.75) is 58.8 Å². The van der Waals surface area contributed by atoms with Gasteiger partial charge in [0, 0.05) is 5.56 Å². The highest BCUT2D eigenvalue weighted by Crippen LogP contribution is 2.41. The van der Waals surface area contributed by atoms with E-state index < -0.39 is 11.6 Å². The van der Waals surface area contributed by atoms with Crippen LogP contribution in [0.3, 0.4) is 0 Å². The van der Waals surface area contributed by atoms with E-state index in [9.17, 15) is 8.78 Å². The standard InChI is InChI=1S/C20H26F2/c1-13-3-5-15(6-4-13)16-7-9-17(10-8-16)18-11-19(21)14(2)20(22)12-18/h9,11-13,15-16H,3-8,10H2,1-2H3. The van der Waals surface area contributed by atoms with E-state index in [0.717, 1.165) is 41.7 Å². The molecule has 0 amide bonds. The maximum Gasteiger partial charge on any atom is 0.129 e. The predicted molar refractivity (Wildman–Crippen MR) is 87.5 cm³/mol. The molecule has 1 fully saturated rings. The van der Waals surface area contributed by atoms with Gasteiger partial charge in [-0.3, -0.25) is 0 Å². The molecule has 1 saturated carbocycles. The van der Waals surface area contributed by atoms with Gasteiger partial charge in [-0.2, -0.15) is 0 Å². The summed E-state index contributed by atoms with van der Waals surface area (Å²) in [5.74, 6) is 1.67. The highest BCUT2D eigenvalue weighted by molar-refractivity contribution is 5.66. The summed E-state index contributed by atoms with van der Waals surface area (Å²) < 4.78 is 27.5. The Kier molecular flexibility index (Phi) is 4.65. The second-order valence-electron chi connectivity index (χ2n) is 7.35. The van der Waals surface area contributed by atoms with Crippen LogP contribution >= 0.6 is 0 Å². The molecule has 120 valence electrons. The van der Waals surface area contributed by atoms with Crippen molar-refractivity contribution < 1.29 is 8.78 Å². The fraction of sp³-hybridized carbons (Fsp3) is 0.600. The number of rotatable bonds is 2. The van der Waals surface area contributed by atoms with Crippen molar-refractivity contribution in [1.82, 2.24) is 0 Å². The van der Waals surface area contributed by atoms with Crippen molar-refractivity contribution in [3.8, 4) is 0 Å². The van der Waals surface area contributed by atoms with Crippen LogP contribution in [0.25, 0.3) is 5.57 Å². The van der Waals surface area contributed by atoms with E-state index in [-0.39, 0.29) is 5.56 Å². The molecule has 0 radical (unpaired) electrons. The van der Waals surface area contributed by atoms with Crippen molar-refractivity contribution in [2.75, 3.05) is 0 Å². The van der Waals surface area contributed by atoms with Crippen LogP contribution in [0.15, 0.2) is 18.2 Å². The zero-order valence-electron chi connectivity index (χ0n) is 13.7. The molecule has 0 heterocycles. The summed E-state index contributed by atoms with van der Waals surface area (Å²) in [6.07, 6.45) is 10.9. The van der Waals surface area contributed by atoms with Crippen molar-refractivity contribution in [3.63, 3.8) is 0 Å². The molecule has 2 heteroatoms. The molecule has 1 aromatic rings. The molecule has 0 aliphatic heterocycles. The summed E-state index contributed by atoms with van der Waals surface area (Å²) in [6, 6.07) is 2.99. The van der Waals surface area contributed by atoms with Crippen LogP contribution in [0.2, 0.25) is 0 Å². The summed E-state index contributed by atoms with van der Waals surface area (Å²) in [7, 11) is 0. The first-order chi connectivity index (χ1) is 10.5. The molecule has 0 N–H and O–H groups in total. The Morgan fingerprint density at radius 3 is 2.09 bits per heavy atom. The second kappa shape index (κ2) is 6.52. The Labute approximate surface area is 132 Å². The van der Waals surface area contributed by atoms with E-state index in [0.29, 0.717) is 0 Å². The van der Waals surface area contributed by atoms with Crippen molar-refractivity contribution in [1.29, 1.82) is 0 Å². The summed E-state index contributed by atoms with van der Waals surface area (Å²) in [5, 5.41) is 0. The number of hydrogen-bond donors (Lipinski definition) is 0. The number of hydrogen-bond acceptors (Lipinski definition) is 0. The molecule has 1 unspecified atom stereocenters. The van der Waals surface area contributed by atoms with Gasteiger partial charge in [-0.25, -0.2) is 8.78 Å². The predicted octanol–water partition coefficient (Wildman–Crippen LogP) is 6.28. The average Bonchev–Trinajstić information content (AvgIpc) is 2.53. The Hall–Kier alpha value is -1.18. The smallest absolute Gasteiger partial charge is 0.129 e. The molecule has 3 rings (SSSR count). The lowest BCUT2D eigenvalue weighted by Gasteiger charge is -2.34. The van der Waals surface area contributed by atoms with Gasteiger partial charge in [0.1, 0.15) is 11.6 Å². The van der Waals surface area contributed by atoms with E-state index in [2.05, 4.69) is 13.0 Å². The fourth-order valence-corrected chi connectivity index (χ4v) is 4.13. The zero-order chi connectivity index (χ0) is 15.7. The molecule has 1 aromatic carbocycles. The monoisotopic (exact) mass is 304 g/mol. The molecule has 1 atom stereocenters. The van der Waals surface area contributed by atoms with Gasteiger partial charge in [0.2, 0.25) is 0 Å². The topological polar surface area (TPSA) is 0 Å². The number of halogens is 2. The van der Waals surface area contributed by atoms with E-state index in [1.807, 2.05) is 0 Å². The molecule has 22 heavy (non-hydrogen) atoms. The Morgan fingerprint density at radius 2 is 1.55 bits per heavy atom. The summed E-state index contributed by atoms with van der Waals surface area (Å²) in [5.41, 5.74) is 1.98. The molecule has 0 aromatic heterocycles. The largest absolute Gasteiger partial charge is 0.207 e. The SMILES string of the molecule is Cc1c(F)cc(C2=CCC(C3CCC(C)CC3)CC2)cc1F. The van der Waals surface area contributed by atoms with Gasteiger partial charge < -0.3 is 0 Å². The quantitative estimate of drug-likeness (QED) is 0.603. The Balaban J connectivity index is 1.69. The van der Waals surface area contributed by atoms with E-state index in [4.69, 9.17) is 0 Å². The molecular weight excluding hydrogens is 278 g/mol. The Bertz CT molecular complexity index is 542. The van der Waals surface area contributed by atoms with Crippen LogP contribution in [-0.4, -0.2) is 0 Å². The first-order valence-corrected chi connectivity index (χ1v) is 8.69. The normalized spacial score (nSPS) is 29.3. The molecule has 2 aliphatic rings. The third-order valence-corrected chi connectivity index (χ3v) is 5.83. The number of benzene rings is 1. The summed E-state index contributed by atoms with van der Waals surface area (Å²) in [6.45, 7) is 3.85. The van der Waals surface area contributed by atoms with Gasteiger partial charge in [-0.1, -0.05) is 25.8 Å². The van der Waals surface area contributed by atoms with Crippen LogP contribution in [0, 0.1) is 36.3 Å². The summed E-state index contributed by atoms with van der Waals surface area (Å²) >= 11 is 0. The maximum atomic E-state index is 13.7. The van der Waals surface area contributed by atoms with Gasteiger partial charge in [0.25, 0.3) is 0 Å². The van der Waals surface area contributed by atoms with Gasteiger partial charge in [0.15, 0.2) is 0 Å². The highest BCUT2D eigenvalue weighted by Gasteiger charge is 2.27. The lowest BCUT2D eigenvalue weighted by molar-refractivity contribution is 0.202. The molecular formula is C20H26F2. The molecule has 2 aliphatic carbocycles. The van der Waals surface area contributed by atoms with Gasteiger partial charge >= 0.3 is 0 Å². The van der Waals surface area contributed by atoms with Crippen LogP contribution < -0.4 is 0 Å². The molecule has 0 bridgehead atoms. The average molecular weight is 304 g/mol. The van der Waals surface area contributed by atoms with Crippen LogP contribution in [0.1, 0.15) is 63.0 Å². The summed E-state index contributed by atoms with van der Waals surface area (Å²) in [4.78, 5) is 0. The third-order valence-electron chi connectivity index (χ3n) is 5.83. The molecule has 0 saturated heterocycles. The maximum absolute atomic E-state index is 13.7. The molecule has 0 nitrogen and oxygen atoms in total. The first kappa shape index (κ1) is 15.7. The molecule has 0 spiro atoms. The van der Waals surface area contributed by atoms with Gasteiger partial charge in [0.05, 0.1) is 0 Å². The Morgan fingerprint density at radius 1 is 0.909 bits per heavy atom. The minimum Gasteiger partial charge on any atom is -0.207 e. The lowest BCUT2D eigenvalue weighted by atomic mass is 9.71. The zero-order valence-corrected chi connectivity index (χ0v) is 13.7. The minimum atomic E-state index is -0.431. The third kappa shape index (κ3) is 3.26. The van der Waals surface area contributed by atoms with Crippen LogP contribution in [-0.2, 0) is 0 Å². The fourth-order valence-electron chi connectivity index (χ4n) is 4.13. The van der Waals surface area contributed by atoms with Gasteiger partial charge in [-0.15, -0.1) is 0 Å². The second-order valence-corrected chi connectivity index (χ2v) is 7.35. The van der Waals surface area contributed by atoms with E-state index in [1.165, 1.54) is 51.2 Å². The van der Waals surface area contributed by atoms with Crippen LogP contribution in [0.4, 0.5) is 8.78 Å². The lowest BCUT2D eigenvalue weighted by Crippen LogP contribution is -2.22. The van der Waals surface area contributed by atoms with Crippen molar-refractivity contribution in [2.24, 2.45) is 17.8 Å². The van der Waals surface area contributed by atoms with Gasteiger partial charge in [-0.05, 0) is 80.1 Å². The number of allylic oxidation sites excluding steroid dienone is 2. The van der Waals surface area contributed by atoms with E-state index in [1.54, 1.807) is 0 Å². The highest BCUT2D eigenvalue weighted by atomic mass is 19.1.